The van der Waals surface area contributed by atoms with Crippen LogP contribution in [0.15, 0.2) is 42.5 Å². The minimum atomic E-state index is -0.412. The molecule has 0 radical (unpaired) electrons. The van der Waals surface area contributed by atoms with Crippen molar-refractivity contribution in [1.82, 2.24) is 4.90 Å². The second-order valence-electron chi connectivity index (χ2n) is 9.12. The van der Waals surface area contributed by atoms with E-state index < -0.39 is 4.92 Å². The number of nitrogens with one attached hydrogen (secondary N) is 1. The highest BCUT2D eigenvalue weighted by molar-refractivity contribution is 6.05. The predicted octanol–water partition coefficient (Wildman–Crippen LogP) is 3.75. The molecule has 2 heterocycles. The highest BCUT2D eigenvalue weighted by atomic mass is 16.6. The average molecular weight is 466 g/mol. The second kappa shape index (κ2) is 10.1. The fourth-order valence-corrected chi connectivity index (χ4v) is 4.57. The number of nitrogens with zero attached hydrogens (tertiary/aromatic N) is 4. The first kappa shape index (κ1) is 23.5. The van der Waals surface area contributed by atoms with Crippen LogP contribution < -0.4 is 15.1 Å². The lowest BCUT2D eigenvalue weighted by Gasteiger charge is -2.35. The summed E-state index contributed by atoms with van der Waals surface area (Å²) in [5.74, 6) is 0.332. The van der Waals surface area contributed by atoms with E-state index in [0.29, 0.717) is 30.4 Å². The quantitative estimate of drug-likeness (QED) is 0.533. The second-order valence-corrected chi connectivity index (χ2v) is 9.12. The molecule has 2 saturated heterocycles. The Kier molecular flexibility index (Phi) is 7.00. The normalized spacial score (nSPS) is 16.9. The Balaban J connectivity index is 1.42. The number of carbonyl (C=O) groups is 2. The van der Waals surface area contributed by atoms with Crippen molar-refractivity contribution in [3.8, 4) is 0 Å². The third-order valence-electron chi connectivity index (χ3n) is 6.77. The Labute approximate surface area is 199 Å². The largest absolute Gasteiger partial charge is 0.368 e. The summed E-state index contributed by atoms with van der Waals surface area (Å²) in [5.41, 5.74) is 2.43. The highest BCUT2D eigenvalue weighted by Crippen LogP contribution is 2.32. The first-order valence-electron chi connectivity index (χ1n) is 11.8. The number of nitro groups is 1. The molecule has 0 atom stereocenters. The fourth-order valence-electron chi connectivity index (χ4n) is 4.57. The van der Waals surface area contributed by atoms with Crippen LogP contribution in [0.2, 0.25) is 0 Å². The van der Waals surface area contributed by atoms with Crippen LogP contribution in [0.4, 0.5) is 22.7 Å². The van der Waals surface area contributed by atoms with E-state index in [1.165, 1.54) is 6.07 Å². The monoisotopic (exact) mass is 465 g/mol. The maximum Gasteiger partial charge on any atom is 0.293 e. The molecule has 0 bridgehead atoms. The third-order valence-corrected chi connectivity index (χ3v) is 6.77. The summed E-state index contributed by atoms with van der Waals surface area (Å²) >= 11 is 0. The molecule has 1 N–H and O–H groups in total. The lowest BCUT2D eigenvalue weighted by atomic mass is 9.98. The van der Waals surface area contributed by atoms with Crippen molar-refractivity contribution in [3.63, 3.8) is 0 Å². The first-order chi connectivity index (χ1) is 16.3. The Morgan fingerprint density at radius 2 is 1.59 bits per heavy atom. The average Bonchev–Trinajstić information content (AvgIpc) is 2.84. The minimum Gasteiger partial charge on any atom is -0.368 e. The van der Waals surface area contributed by atoms with E-state index in [1.807, 2.05) is 34.1 Å². The van der Waals surface area contributed by atoms with Gasteiger partial charge in [0.05, 0.1) is 4.92 Å². The zero-order valence-electron chi connectivity index (χ0n) is 19.7. The van der Waals surface area contributed by atoms with Crippen LogP contribution >= 0.6 is 0 Å². The summed E-state index contributed by atoms with van der Waals surface area (Å²) in [6.45, 7) is 8.25. The van der Waals surface area contributed by atoms with Crippen LogP contribution in [0.5, 0.6) is 0 Å². The van der Waals surface area contributed by atoms with Crippen molar-refractivity contribution in [2.24, 2.45) is 5.92 Å². The van der Waals surface area contributed by atoms with Crippen LogP contribution in [0.3, 0.4) is 0 Å². The Morgan fingerprint density at radius 1 is 0.941 bits per heavy atom. The predicted molar refractivity (Wildman–Crippen MR) is 133 cm³/mol. The van der Waals surface area contributed by atoms with E-state index in [1.54, 1.807) is 19.1 Å². The van der Waals surface area contributed by atoms with Crippen LogP contribution in [0.1, 0.15) is 37.0 Å². The standard InChI is InChI=1S/C25H31N5O4/c1-18-9-11-29(12-10-18)23-8-3-20(17-24(23)30(33)34)25(32)26-21-4-6-22(7-5-21)28-15-13-27(14-16-28)19(2)31/h3-8,17-18H,9-16H2,1-2H3,(H,26,32). The number of benzene rings is 2. The van der Waals surface area contributed by atoms with Gasteiger partial charge in [0.25, 0.3) is 11.6 Å². The Morgan fingerprint density at radius 3 is 2.18 bits per heavy atom. The molecule has 0 aromatic heterocycles. The highest BCUT2D eigenvalue weighted by Gasteiger charge is 2.25. The molecule has 9 heteroatoms. The van der Waals surface area contributed by atoms with Crippen LogP contribution in [0.25, 0.3) is 0 Å². The molecule has 180 valence electrons. The molecule has 2 aromatic rings. The lowest BCUT2D eigenvalue weighted by Crippen LogP contribution is -2.48. The zero-order valence-corrected chi connectivity index (χ0v) is 19.7. The summed E-state index contributed by atoms with van der Waals surface area (Å²) in [7, 11) is 0. The van der Waals surface area contributed by atoms with Gasteiger partial charge in [0.15, 0.2) is 0 Å². The van der Waals surface area contributed by atoms with Gasteiger partial charge >= 0.3 is 0 Å². The molecule has 2 aliphatic rings. The Hall–Kier alpha value is -3.62. The van der Waals surface area contributed by atoms with Gasteiger partial charge in [0.1, 0.15) is 5.69 Å². The number of piperidine rings is 1. The summed E-state index contributed by atoms with van der Waals surface area (Å²) in [5, 5.41) is 14.6. The van der Waals surface area contributed by atoms with Crippen molar-refractivity contribution in [2.45, 2.75) is 26.7 Å². The molecule has 2 amide bonds. The van der Waals surface area contributed by atoms with E-state index >= 15 is 0 Å². The summed E-state index contributed by atoms with van der Waals surface area (Å²) in [6.07, 6.45) is 2.00. The maximum atomic E-state index is 12.8. The van der Waals surface area contributed by atoms with E-state index in [0.717, 1.165) is 44.7 Å². The SMILES string of the molecule is CC(=O)N1CCN(c2ccc(NC(=O)c3ccc(N4CCC(C)CC4)c([N+](=O)[O-])c3)cc2)CC1. The van der Waals surface area contributed by atoms with Crippen LogP contribution in [-0.4, -0.2) is 60.9 Å². The zero-order chi connectivity index (χ0) is 24.2. The number of amides is 2. The smallest absolute Gasteiger partial charge is 0.293 e. The van der Waals surface area contributed by atoms with Crippen molar-refractivity contribution in [3.05, 3.63) is 58.1 Å². The molecule has 0 unspecified atom stereocenters. The number of anilines is 3. The minimum absolute atomic E-state index is 0.0396. The van der Waals surface area contributed by atoms with Crippen molar-refractivity contribution in [1.29, 1.82) is 0 Å². The van der Waals surface area contributed by atoms with Gasteiger partial charge in [-0.1, -0.05) is 6.92 Å². The number of hydrogen-bond donors (Lipinski definition) is 1. The van der Waals surface area contributed by atoms with Crippen LogP contribution in [0, 0.1) is 16.0 Å². The number of hydrogen-bond acceptors (Lipinski definition) is 6. The molecule has 0 aliphatic carbocycles. The maximum absolute atomic E-state index is 12.8. The Bertz CT molecular complexity index is 1060. The van der Waals surface area contributed by atoms with E-state index in [-0.39, 0.29) is 23.1 Å². The molecule has 2 aliphatic heterocycles. The van der Waals surface area contributed by atoms with Crippen molar-refractivity contribution in [2.75, 3.05) is 54.4 Å². The van der Waals surface area contributed by atoms with Gasteiger partial charge in [-0.3, -0.25) is 19.7 Å². The van der Waals surface area contributed by atoms with Gasteiger partial charge in [-0.2, -0.15) is 0 Å². The van der Waals surface area contributed by atoms with E-state index in [2.05, 4.69) is 17.1 Å². The third kappa shape index (κ3) is 5.30. The number of piperazine rings is 1. The molecule has 34 heavy (non-hydrogen) atoms. The molecule has 0 saturated carbocycles. The van der Waals surface area contributed by atoms with Gasteiger partial charge in [-0.05, 0) is 55.2 Å². The lowest BCUT2D eigenvalue weighted by molar-refractivity contribution is -0.384. The molecule has 4 rings (SSSR count). The summed E-state index contributed by atoms with van der Waals surface area (Å²) in [6, 6.07) is 12.2. The van der Waals surface area contributed by atoms with Crippen LogP contribution in [-0.2, 0) is 4.79 Å². The van der Waals surface area contributed by atoms with E-state index in [4.69, 9.17) is 0 Å². The topological polar surface area (TPSA) is 99.0 Å². The van der Waals surface area contributed by atoms with Gasteiger partial charge in [0, 0.05) is 69.2 Å². The van der Waals surface area contributed by atoms with Gasteiger partial charge in [0.2, 0.25) is 5.91 Å². The molecular formula is C25H31N5O4. The molecular weight excluding hydrogens is 434 g/mol. The first-order valence-corrected chi connectivity index (χ1v) is 11.8. The molecule has 0 spiro atoms. The van der Waals surface area contributed by atoms with E-state index in [9.17, 15) is 19.7 Å². The summed E-state index contributed by atoms with van der Waals surface area (Å²) in [4.78, 5) is 41.7. The molecule has 2 fully saturated rings. The van der Waals surface area contributed by atoms with Gasteiger partial charge in [-0.15, -0.1) is 0 Å². The number of carbonyl (C=O) groups excluding carboxylic acids is 2. The fraction of sp³-hybridized carbons (Fsp3) is 0.440. The van der Waals surface area contributed by atoms with Crippen molar-refractivity contribution >= 4 is 34.6 Å². The molecule has 2 aromatic carbocycles. The van der Waals surface area contributed by atoms with Crippen molar-refractivity contribution < 1.29 is 14.5 Å². The number of rotatable bonds is 5. The van der Waals surface area contributed by atoms with Gasteiger partial charge in [-0.25, -0.2) is 0 Å². The van der Waals surface area contributed by atoms with Gasteiger partial charge < -0.3 is 20.0 Å². The number of nitro benzene ring substituents is 1. The summed E-state index contributed by atoms with van der Waals surface area (Å²) < 4.78 is 0. The molecule has 9 nitrogen and oxygen atoms in total.